The molecule has 0 bridgehead atoms. The Kier molecular flexibility index (Phi) is 8.11. The molecule has 8 nitrogen and oxygen atoms in total. The van der Waals surface area contributed by atoms with Gasteiger partial charge in [-0.2, -0.15) is 0 Å². The van der Waals surface area contributed by atoms with Crippen molar-refractivity contribution in [2.45, 2.75) is 43.0 Å². The fourth-order valence-electron chi connectivity index (χ4n) is 3.48. The number of para-hydroxylation sites is 1. The number of carbonyl (C=O) groups is 2. The van der Waals surface area contributed by atoms with Crippen LogP contribution in [0.15, 0.2) is 47.4 Å². The fourth-order valence-corrected chi connectivity index (χ4v) is 5.11. The predicted molar refractivity (Wildman–Crippen MR) is 121 cm³/mol. The number of rotatable bonds is 8. The molecule has 0 heterocycles. The molecule has 172 valence electrons. The maximum Gasteiger partial charge on any atom is 0.339 e. The Balaban J connectivity index is 1.61. The summed E-state index contributed by atoms with van der Waals surface area (Å²) in [7, 11) is -2.45. The second-order valence-corrected chi connectivity index (χ2v) is 9.54. The van der Waals surface area contributed by atoms with E-state index in [-0.39, 0.29) is 39.6 Å². The van der Waals surface area contributed by atoms with Gasteiger partial charge < -0.3 is 14.8 Å². The molecule has 1 amide bonds. The second kappa shape index (κ2) is 10.8. The number of sulfonamides is 1. The molecule has 0 saturated heterocycles. The Bertz CT molecular complexity index is 1080. The van der Waals surface area contributed by atoms with Crippen LogP contribution in [0, 0.1) is 0 Å². The minimum Gasteiger partial charge on any atom is -0.482 e. The van der Waals surface area contributed by atoms with E-state index < -0.39 is 21.9 Å². The smallest absolute Gasteiger partial charge is 0.339 e. The molecule has 0 atom stereocenters. The van der Waals surface area contributed by atoms with Gasteiger partial charge in [0.05, 0.1) is 28.3 Å². The van der Waals surface area contributed by atoms with E-state index in [0.717, 1.165) is 32.1 Å². The second-order valence-electron chi connectivity index (χ2n) is 7.42. The summed E-state index contributed by atoms with van der Waals surface area (Å²) in [6, 6.07) is 10.4. The van der Waals surface area contributed by atoms with Gasteiger partial charge in [0.25, 0.3) is 5.91 Å². The first-order valence-electron chi connectivity index (χ1n) is 10.2. The van der Waals surface area contributed by atoms with Gasteiger partial charge in [0.1, 0.15) is 5.75 Å². The van der Waals surface area contributed by atoms with Gasteiger partial charge in [-0.3, -0.25) is 4.79 Å². The maximum absolute atomic E-state index is 12.6. The van der Waals surface area contributed by atoms with Crippen LogP contribution in [0.25, 0.3) is 0 Å². The Hall–Kier alpha value is -2.62. The van der Waals surface area contributed by atoms with Crippen LogP contribution in [-0.4, -0.2) is 40.1 Å². The predicted octanol–water partition coefficient (Wildman–Crippen LogP) is 3.76. The van der Waals surface area contributed by atoms with Crippen LogP contribution in [0.1, 0.15) is 42.5 Å². The number of benzene rings is 2. The molecule has 32 heavy (non-hydrogen) atoms. The lowest BCUT2D eigenvalue weighted by atomic mass is 9.96. The van der Waals surface area contributed by atoms with Gasteiger partial charge >= 0.3 is 5.97 Å². The lowest BCUT2D eigenvalue weighted by Gasteiger charge is -2.22. The number of esters is 1. The van der Waals surface area contributed by atoms with Gasteiger partial charge in [-0.25, -0.2) is 17.9 Å². The summed E-state index contributed by atoms with van der Waals surface area (Å²) in [4.78, 5) is 24.1. The number of ether oxygens (including phenoxy) is 2. The molecular weight excluding hydrogens is 456 g/mol. The van der Waals surface area contributed by atoms with Crippen molar-refractivity contribution in [3.05, 3.63) is 53.1 Å². The number of anilines is 1. The van der Waals surface area contributed by atoms with E-state index in [9.17, 15) is 18.0 Å². The van der Waals surface area contributed by atoms with E-state index in [2.05, 4.69) is 10.0 Å². The van der Waals surface area contributed by atoms with Gasteiger partial charge in [0.2, 0.25) is 10.0 Å². The first-order chi connectivity index (χ1) is 15.3. The van der Waals surface area contributed by atoms with Gasteiger partial charge in [0.15, 0.2) is 6.61 Å². The Labute approximate surface area is 192 Å². The summed E-state index contributed by atoms with van der Waals surface area (Å²) >= 11 is 6.20. The number of methoxy groups -OCH3 is 1. The summed E-state index contributed by atoms with van der Waals surface area (Å²) < 4.78 is 38.1. The van der Waals surface area contributed by atoms with Gasteiger partial charge in [-0.15, -0.1) is 0 Å². The van der Waals surface area contributed by atoms with Crippen LogP contribution in [0.4, 0.5) is 5.69 Å². The number of hydrogen-bond donors (Lipinski definition) is 2. The first kappa shape index (κ1) is 24.0. The third-order valence-electron chi connectivity index (χ3n) is 5.11. The zero-order valence-electron chi connectivity index (χ0n) is 17.6. The van der Waals surface area contributed by atoms with Crippen molar-refractivity contribution >= 4 is 39.2 Å². The number of halogens is 1. The summed E-state index contributed by atoms with van der Waals surface area (Å²) in [5.74, 6) is -0.934. The number of nitrogens with one attached hydrogen (secondary N) is 2. The number of hydrogen-bond acceptors (Lipinski definition) is 6. The zero-order chi connectivity index (χ0) is 23.1. The van der Waals surface area contributed by atoms with Crippen molar-refractivity contribution < 1.29 is 27.5 Å². The average Bonchev–Trinajstić information content (AvgIpc) is 2.78. The molecular formula is C22H25ClN2O6S. The van der Waals surface area contributed by atoms with Gasteiger partial charge in [0, 0.05) is 6.04 Å². The summed E-state index contributed by atoms with van der Waals surface area (Å²) in [6.45, 7) is -0.387. The van der Waals surface area contributed by atoms with E-state index in [1.807, 2.05) is 0 Å². The Morgan fingerprint density at radius 1 is 1.09 bits per heavy atom. The minimum absolute atomic E-state index is 0.0388. The summed E-state index contributed by atoms with van der Waals surface area (Å²) in [5.41, 5.74) is 0.496. The molecule has 0 unspecified atom stereocenters. The van der Waals surface area contributed by atoms with Gasteiger partial charge in [-0.1, -0.05) is 43.0 Å². The summed E-state index contributed by atoms with van der Waals surface area (Å²) in [6.07, 6.45) is 4.78. The lowest BCUT2D eigenvalue weighted by molar-refractivity contribution is -0.118. The Morgan fingerprint density at radius 3 is 2.50 bits per heavy atom. The Morgan fingerprint density at radius 2 is 1.81 bits per heavy atom. The first-order valence-corrected chi connectivity index (χ1v) is 12.1. The SMILES string of the molecule is COC(=O)c1ccccc1NC(=O)COc1ccc(S(=O)(=O)NC2CCCCC2)cc1Cl. The number of carbonyl (C=O) groups excluding carboxylic acids is 2. The topological polar surface area (TPSA) is 111 Å². The molecule has 2 aromatic carbocycles. The molecule has 2 N–H and O–H groups in total. The van der Waals surface area contributed by atoms with Crippen molar-refractivity contribution in [3.8, 4) is 5.75 Å². The zero-order valence-corrected chi connectivity index (χ0v) is 19.2. The van der Waals surface area contributed by atoms with Crippen LogP contribution >= 0.6 is 11.6 Å². The molecule has 1 saturated carbocycles. The van der Waals surface area contributed by atoms with Crippen molar-refractivity contribution in [1.29, 1.82) is 0 Å². The molecule has 0 radical (unpaired) electrons. The fraction of sp³-hybridized carbons (Fsp3) is 0.364. The van der Waals surface area contributed by atoms with Crippen molar-refractivity contribution in [1.82, 2.24) is 4.72 Å². The third kappa shape index (κ3) is 6.21. The van der Waals surface area contributed by atoms with Crippen LogP contribution in [0.3, 0.4) is 0 Å². The molecule has 2 aromatic rings. The monoisotopic (exact) mass is 480 g/mol. The van der Waals surface area contributed by atoms with E-state index in [1.54, 1.807) is 18.2 Å². The van der Waals surface area contributed by atoms with Crippen molar-refractivity contribution in [2.24, 2.45) is 0 Å². The minimum atomic E-state index is -3.70. The van der Waals surface area contributed by atoms with E-state index in [4.69, 9.17) is 21.1 Å². The van der Waals surface area contributed by atoms with Crippen LogP contribution in [-0.2, 0) is 19.6 Å². The molecule has 10 heteroatoms. The third-order valence-corrected chi connectivity index (χ3v) is 6.92. The van der Waals surface area contributed by atoms with Crippen LogP contribution in [0.2, 0.25) is 5.02 Å². The standard InChI is InChI=1S/C22H25ClN2O6S/c1-30-22(27)17-9-5-6-10-19(17)24-21(26)14-31-20-12-11-16(13-18(20)23)32(28,29)25-15-7-3-2-4-8-15/h5-6,9-13,15,25H,2-4,7-8,14H2,1H3,(H,24,26). The van der Waals surface area contributed by atoms with Crippen molar-refractivity contribution in [2.75, 3.05) is 19.0 Å². The highest BCUT2D eigenvalue weighted by Crippen LogP contribution is 2.28. The molecule has 1 fully saturated rings. The van der Waals surface area contributed by atoms with E-state index >= 15 is 0 Å². The quantitative estimate of drug-likeness (QED) is 0.556. The van der Waals surface area contributed by atoms with E-state index in [0.29, 0.717) is 0 Å². The largest absolute Gasteiger partial charge is 0.482 e. The van der Waals surface area contributed by atoms with Crippen LogP contribution in [0.5, 0.6) is 5.75 Å². The summed E-state index contributed by atoms with van der Waals surface area (Å²) in [5, 5.41) is 2.65. The highest BCUT2D eigenvalue weighted by Gasteiger charge is 2.23. The normalized spacial score (nSPS) is 14.6. The maximum atomic E-state index is 12.6. The molecule has 1 aliphatic carbocycles. The highest BCUT2D eigenvalue weighted by atomic mass is 35.5. The van der Waals surface area contributed by atoms with Gasteiger partial charge in [-0.05, 0) is 43.2 Å². The lowest BCUT2D eigenvalue weighted by Crippen LogP contribution is -2.36. The molecule has 0 aliphatic heterocycles. The molecule has 1 aliphatic rings. The van der Waals surface area contributed by atoms with E-state index in [1.165, 1.54) is 31.4 Å². The molecule has 0 spiro atoms. The average molecular weight is 481 g/mol. The number of amides is 1. The molecule has 0 aromatic heterocycles. The van der Waals surface area contributed by atoms with Crippen LogP contribution < -0.4 is 14.8 Å². The highest BCUT2D eigenvalue weighted by molar-refractivity contribution is 7.89. The van der Waals surface area contributed by atoms with Crippen molar-refractivity contribution in [3.63, 3.8) is 0 Å². The molecule has 3 rings (SSSR count).